The first-order chi connectivity index (χ1) is 8.84. The van der Waals surface area contributed by atoms with Gasteiger partial charge in [0.25, 0.3) is 0 Å². The molecule has 2 N–H and O–H groups in total. The van der Waals surface area contributed by atoms with Gasteiger partial charge in [0, 0.05) is 52.3 Å². The van der Waals surface area contributed by atoms with Crippen LogP contribution in [0.15, 0.2) is 0 Å². The van der Waals surface area contributed by atoms with Crippen molar-refractivity contribution in [1.82, 2.24) is 15.5 Å². The molecule has 0 saturated carbocycles. The summed E-state index contributed by atoms with van der Waals surface area (Å²) in [5.41, 5.74) is 0. The molecule has 19 heavy (non-hydrogen) atoms. The second-order valence-corrected chi connectivity index (χ2v) is 5.12. The van der Waals surface area contributed by atoms with E-state index in [2.05, 4.69) is 15.5 Å². The average molecular weight is 292 g/mol. The lowest BCUT2D eigenvalue weighted by molar-refractivity contribution is -0.121. The zero-order chi connectivity index (χ0) is 12.6. The molecule has 2 saturated heterocycles. The van der Waals surface area contributed by atoms with Crippen LogP contribution in [0.4, 0.5) is 0 Å². The Morgan fingerprint density at radius 2 is 2.16 bits per heavy atom. The molecule has 1 atom stereocenters. The fraction of sp³-hybridized carbons (Fsp3) is 0.923. The van der Waals surface area contributed by atoms with Crippen LogP contribution in [0.1, 0.15) is 25.7 Å². The molecule has 0 spiro atoms. The van der Waals surface area contributed by atoms with E-state index < -0.39 is 0 Å². The van der Waals surface area contributed by atoms with E-state index >= 15 is 0 Å². The van der Waals surface area contributed by atoms with Crippen LogP contribution in [0.25, 0.3) is 0 Å². The largest absolute Gasteiger partial charge is 0.378 e. The first-order valence-corrected chi connectivity index (χ1v) is 7.16. The molecule has 2 fully saturated rings. The van der Waals surface area contributed by atoms with Crippen molar-refractivity contribution < 1.29 is 9.53 Å². The molecule has 0 aromatic rings. The lowest BCUT2D eigenvalue weighted by Crippen LogP contribution is -2.46. The predicted octanol–water partition coefficient (Wildman–Crippen LogP) is 0.389. The SMILES string of the molecule is Cl.O=C(CCC1CCCO1)NCCN1CCNCC1. The van der Waals surface area contributed by atoms with Crippen molar-refractivity contribution in [3.8, 4) is 0 Å². The fourth-order valence-corrected chi connectivity index (χ4v) is 2.54. The van der Waals surface area contributed by atoms with Crippen LogP contribution in [0, 0.1) is 0 Å². The third kappa shape index (κ3) is 6.56. The van der Waals surface area contributed by atoms with Crippen molar-refractivity contribution in [3.63, 3.8) is 0 Å². The highest BCUT2D eigenvalue weighted by Gasteiger charge is 2.16. The van der Waals surface area contributed by atoms with Crippen LogP contribution in [0.5, 0.6) is 0 Å². The van der Waals surface area contributed by atoms with E-state index in [1.165, 1.54) is 0 Å². The van der Waals surface area contributed by atoms with Gasteiger partial charge in [-0.2, -0.15) is 0 Å². The van der Waals surface area contributed by atoms with Crippen molar-refractivity contribution in [2.75, 3.05) is 45.9 Å². The molecular formula is C13H26ClN3O2. The van der Waals surface area contributed by atoms with Crippen LogP contribution >= 0.6 is 12.4 Å². The minimum Gasteiger partial charge on any atom is -0.378 e. The summed E-state index contributed by atoms with van der Waals surface area (Å²) in [6, 6.07) is 0. The van der Waals surface area contributed by atoms with Gasteiger partial charge in [-0.3, -0.25) is 9.69 Å². The molecule has 2 aliphatic rings. The quantitative estimate of drug-likeness (QED) is 0.743. The Balaban J connectivity index is 0.00000180. The number of amides is 1. The normalized spacial score (nSPS) is 23.9. The van der Waals surface area contributed by atoms with Gasteiger partial charge in [0.1, 0.15) is 0 Å². The Bertz CT molecular complexity index is 254. The maximum atomic E-state index is 11.6. The summed E-state index contributed by atoms with van der Waals surface area (Å²) >= 11 is 0. The Morgan fingerprint density at radius 1 is 1.37 bits per heavy atom. The number of piperazine rings is 1. The van der Waals surface area contributed by atoms with Gasteiger partial charge in [-0.15, -0.1) is 12.4 Å². The molecule has 2 heterocycles. The van der Waals surface area contributed by atoms with Crippen molar-refractivity contribution in [1.29, 1.82) is 0 Å². The van der Waals surface area contributed by atoms with Gasteiger partial charge in [0.05, 0.1) is 6.10 Å². The Hall–Kier alpha value is -0.360. The van der Waals surface area contributed by atoms with Gasteiger partial charge in [-0.1, -0.05) is 0 Å². The minimum atomic E-state index is 0. The number of rotatable bonds is 6. The molecule has 6 heteroatoms. The summed E-state index contributed by atoms with van der Waals surface area (Å²) in [7, 11) is 0. The minimum absolute atomic E-state index is 0. The number of hydrogen-bond acceptors (Lipinski definition) is 4. The van der Waals surface area contributed by atoms with Gasteiger partial charge in [0.15, 0.2) is 0 Å². The molecule has 0 aliphatic carbocycles. The molecule has 2 rings (SSSR count). The highest BCUT2D eigenvalue weighted by atomic mass is 35.5. The molecule has 0 aromatic heterocycles. The topological polar surface area (TPSA) is 53.6 Å². The number of carbonyl (C=O) groups excluding carboxylic acids is 1. The third-order valence-electron chi connectivity index (χ3n) is 3.68. The second-order valence-electron chi connectivity index (χ2n) is 5.12. The lowest BCUT2D eigenvalue weighted by atomic mass is 10.1. The van der Waals surface area contributed by atoms with Crippen LogP contribution in [0.3, 0.4) is 0 Å². The zero-order valence-corrected chi connectivity index (χ0v) is 12.3. The summed E-state index contributed by atoms with van der Waals surface area (Å²) in [5, 5.41) is 6.32. The van der Waals surface area contributed by atoms with Crippen molar-refractivity contribution in [3.05, 3.63) is 0 Å². The Morgan fingerprint density at radius 3 is 2.84 bits per heavy atom. The highest BCUT2D eigenvalue weighted by molar-refractivity contribution is 5.85. The molecule has 0 radical (unpaired) electrons. The molecule has 112 valence electrons. The molecule has 2 aliphatic heterocycles. The summed E-state index contributed by atoms with van der Waals surface area (Å²) in [5.74, 6) is 0.167. The summed E-state index contributed by atoms with van der Waals surface area (Å²) in [4.78, 5) is 14.0. The van der Waals surface area contributed by atoms with E-state index in [-0.39, 0.29) is 18.3 Å². The lowest BCUT2D eigenvalue weighted by Gasteiger charge is -2.27. The summed E-state index contributed by atoms with van der Waals surface area (Å²) < 4.78 is 5.51. The number of halogens is 1. The fourth-order valence-electron chi connectivity index (χ4n) is 2.54. The monoisotopic (exact) mass is 291 g/mol. The first kappa shape index (κ1) is 16.7. The molecule has 1 unspecified atom stereocenters. The molecule has 5 nitrogen and oxygen atoms in total. The van der Waals surface area contributed by atoms with Crippen LogP contribution < -0.4 is 10.6 Å². The summed E-state index contributed by atoms with van der Waals surface area (Å²) in [6.07, 6.45) is 4.07. The smallest absolute Gasteiger partial charge is 0.220 e. The molecule has 1 amide bonds. The van der Waals surface area contributed by atoms with Gasteiger partial charge >= 0.3 is 0 Å². The maximum Gasteiger partial charge on any atom is 0.220 e. The van der Waals surface area contributed by atoms with E-state index in [1.807, 2.05) is 0 Å². The number of nitrogens with one attached hydrogen (secondary N) is 2. The van der Waals surface area contributed by atoms with E-state index in [1.54, 1.807) is 0 Å². The maximum absolute atomic E-state index is 11.6. The average Bonchev–Trinajstić information content (AvgIpc) is 2.91. The van der Waals surface area contributed by atoms with Crippen molar-refractivity contribution >= 4 is 18.3 Å². The van der Waals surface area contributed by atoms with Crippen molar-refractivity contribution in [2.45, 2.75) is 31.8 Å². The van der Waals surface area contributed by atoms with Crippen molar-refractivity contribution in [2.24, 2.45) is 0 Å². The molecule has 0 aromatic carbocycles. The van der Waals surface area contributed by atoms with Gasteiger partial charge in [0.2, 0.25) is 5.91 Å². The van der Waals surface area contributed by atoms with E-state index in [0.29, 0.717) is 12.5 Å². The zero-order valence-electron chi connectivity index (χ0n) is 11.5. The number of hydrogen-bond donors (Lipinski definition) is 2. The van der Waals surface area contributed by atoms with Gasteiger partial charge in [-0.05, 0) is 19.3 Å². The Labute approximate surface area is 121 Å². The molecular weight excluding hydrogens is 266 g/mol. The van der Waals surface area contributed by atoms with E-state index in [0.717, 1.165) is 65.1 Å². The van der Waals surface area contributed by atoms with E-state index in [4.69, 9.17) is 4.74 Å². The number of ether oxygens (including phenoxy) is 1. The second kappa shape index (κ2) is 9.53. The molecule has 0 bridgehead atoms. The standard InChI is InChI=1S/C13H25N3O2.ClH/c17-13(4-3-12-2-1-11-18-12)15-7-10-16-8-5-14-6-9-16;/h12,14H,1-11H2,(H,15,17);1H. The van der Waals surface area contributed by atoms with Gasteiger partial charge in [-0.25, -0.2) is 0 Å². The van der Waals surface area contributed by atoms with Crippen LogP contribution in [-0.2, 0) is 9.53 Å². The summed E-state index contributed by atoms with van der Waals surface area (Å²) in [6.45, 7) is 6.91. The van der Waals surface area contributed by atoms with Crippen LogP contribution in [-0.4, -0.2) is 62.8 Å². The Kier molecular flexibility index (Phi) is 8.37. The van der Waals surface area contributed by atoms with Crippen LogP contribution in [0.2, 0.25) is 0 Å². The predicted molar refractivity (Wildman–Crippen MR) is 77.8 cm³/mol. The number of nitrogens with zero attached hydrogens (tertiary/aromatic N) is 1. The first-order valence-electron chi connectivity index (χ1n) is 7.16. The number of carbonyl (C=O) groups is 1. The van der Waals surface area contributed by atoms with E-state index in [9.17, 15) is 4.79 Å². The third-order valence-corrected chi connectivity index (χ3v) is 3.68. The van der Waals surface area contributed by atoms with Gasteiger partial charge < -0.3 is 15.4 Å². The highest BCUT2D eigenvalue weighted by Crippen LogP contribution is 2.16.